The summed E-state index contributed by atoms with van der Waals surface area (Å²) in [5, 5.41) is 30.3. The van der Waals surface area contributed by atoms with Crippen molar-refractivity contribution in [2.45, 2.75) is 25.6 Å². The number of hydrogen-bond acceptors (Lipinski definition) is 4. The number of aromatic nitrogens is 1. The zero-order chi connectivity index (χ0) is 12.0. The molecule has 4 N–H and O–H groups in total. The Kier molecular flexibility index (Phi) is 4.95. The van der Waals surface area contributed by atoms with E-state index in [0.717, 1.165) is 12.1 Å². The monoisotopic (exact) mass is 228 g/mol. The van der Waals surface area contributed by atoms with Crippen LogP contribution in [0, 0.1) is 0 Å². The van der Waals surface area contributed by atoms with Gasteiger partial charge >= 0.3 is 0 Å². The molecule has 0 fully saturated rings. The van der Waals surface area contributed by atoms with Gasteiger partial charge < -0.3 is 25.2 Å². The van der Waals surface area contributed by atoms with Crippen molar-refractivity contribution in [1.82, 2.24) is 9.88 Å². The van der Waals surface area contributed by atoms with Crippen molar-refractivity contribution in [1.29, 1.82) is 0 Å². The Morgan fingerprint density at radius 1 is 1.25 bits per heavy atom. The Hall–Kier alpha value is -0.880. The van der Waals surface area contributed by atoms with Gasteiger partial charge in [-0.2, -0.15) is 0 Å². The normalized spacial score (nSPS) is 12.0. The molecule has 1 rings (SSSR count). The number of hydrogen-bond donors (Lipinski definition) is 4. The summed E-state index contributed by atoms with van der Waals surface area (Å²) in [6.45, 7) is 2.58. The van der Waals surface area contributed by atoms with Crippen LogP contribution < -0.4 is 5.32 Å². The molecule has 0 bridgehead atoms. The van der Waals surface area contributed by atoms with Gasteiger partial charge in [0, 0.05) is 25.5 Å². The second-order valence-corrected chi connectivity index (χ2v) is 3.96. The highest BCUT2D eigenvalue weighted by Crippen LogP contribution is 2.06. The van der Waals surface area contributed by atoms with E-state index in [1.807, 2.05) is 23.0 Å². The Morgan fingerprint density at radius 2 is 1.88 bits per heavy atom. The topological polar surface area (TPSA) is 77.7 Å². The molecule has 0 aromatic carbocycles. The van der Waals surface area contributed by atoms with Crippen molar-refractivity contribution >= 4 is 0 Å². The average molecular weight is 228 g/mol. The molecule has 16 heavy (non-hydrogen) atoms. The molecule has 0 aliphatic heterocycles. The number of nitrogens with one attached hydrogen (secondary N) is 1. The van der Waals surface area contributed by atoms with Crippen LogP contribution in [0.5, 0.6) is 0 Å². The number of aliphatic hydroxyl groups excluding tert-OH is 3. The number of rotatable bonds is 7. The van der Waals surface area contributed by atoms with Crippen molar-refractivity contribution in [3.05, 3.63) is 24.0 Å². The molecule has 0 amide bonds. The third-order valence-electron chi connectivity index (χ3n) is 2.75. The predicted molar refractivity (Wildman–Crippen MR) is 60.9 cm³/mol. The van der Waals surface area contributed by atoms with E-state index in [2.05, 4.69) is 12.2 Å². The summed E-state index contributed by atoms with van der Waals surface area (Å²) in [5.74, 6) is 0. The van der Waals surface area contributed by atoms with Gasteiger partial charge in [-0.25, -0.2) is 0 Å². The zero-order valence-electron chi connectivity index (χ0n) is 9.56. The minimum atomic E-state index is -1.01. The largest absolute Gasteiger partial charge is 0.394 e. The van der Waals surface area contributed by atoms with Crippen molar-refractivity contribution < 1.29 is 15.3 Å². The van der Waals surface area contributed by atoms with Crippen LogP contribution in [-0.4, -0.2) is 45.2 Å². The van der Waals surface area contributed by atoms with E-state index in [9.17, 15) is 0 Å². The lowest BCUT2D eigenvalue weighted by molar-refractivity contribution is 0.0414. The standard InChI is InChI=1S/C11H20N2O3/c1-2-13-4-3-10(6-13)5-12-11(7-14,8-15)9-16/h3-4,6,12,14-16H,2,5,7-9H2,1H3. The van der Waals surface area contributed by atoms with Crippen molar-refractivity contribution in [3.63, 3.8) is 0 Å². The van der Waals surface area contributed by atoms with E-state index in [1.54, 1.807) is 0 Å². The molecule has 0 aliphatic carbocycles. The van der Waals surface area contributed by atoms with Gasteiger partial charge in [0.05, 0.1) is 25.4 Å². The maximum atomic E-state index is 9.12. The first-order chi connectivity index (χ1) is 7.69. The number of nitrogens with zero attached hydrogens (tertiary/aromatic N) is 1. The fraction of sp³-hybridized carbons (Fsp3) is 0.636. The fourth-order valence-corrected chi connectivity index (χ4v) is 1.40. The van der Waals surface area contributed by atoms with Gasteiger partial charge in [-0.05, 0) is 18.6 Å². The van der Waals surface area contributed by atoms with Crippen LogP contribution in [0.4, 0.5) is 0 Å². The van der Waals surface area contributed by atoms with Crippen molar-refractivity contribution in [3.8, 4) is 0 Å². The van der Waals surface area contributed by atoms with E-state index < -0.39 is 5.54 Å². The lowest BCUT2D eigenvalue weighted by atomic mass is 10.0. The minimum Gasteiger partial charge on any atom is -0.394 e. The smallest absolute Gasteiger partial charge is 0.0884 e. The maximum absolute atomic E-state index is 9.12. The molecule has 0 radical (unpaired) electrons. The Morgan fingerprint density at radius 3 is 2.31 bits per heavy atom. The van der Waals surface area contributed by atoms with Crippen molar-refractivity contribution in [2.24, 2.45) is 0 Å². The Labute approximate surface area is 95.3 Å². The first kappa shape index (κ1) is 13.2. The van der Waals surface area contributed by atoms with E-state index in [-0.39, 0.29) is 19.8 Å². The van der Waals surface area contributed by atoms with Gasteiger partial charge in [0.1, 0.15) is 0 Å². The van der Waals surface area contributed by atoms with Crippen LogP contribution in [0.15, 0.2) is 18.5 Å². The molecular formula is C11H20N2O3. The summed E-state index contributed by atoms with van der Waals surface area (Å²) in [7, 11) is 0. The molecule has 0 saturated heterocycles. The molecule has 0 spiro atoms. The summed E-state index contributed by atoms with van der Waals surface area (Å²) in [5.41, 5.74) is 0.0514. The molecule has 0 aliphatic rings. The minimum absolute atomic E-state index is 0.297. The average Bonchev–Trinajstić information content (AvgIpc) is 2.80. The molecular weight excluding hydrogens is 208 g/mol. The first-order valence-corrected chi connectivity index (χ1v) is 5.42. The highest BCUT2D eigenvalue weighted by molar-refractivity contribution is 5.10. The Bertz CT molecular complexity index is 300. The van der Waals surface area contributed by atoms with Crippen LogP contribution >= 0.6 is 0 Å². The highest BCUT2D eigenvalue weighted by Gasteiger charge is 2.26. The molecule has 5 heteroatoms. The van der Waals surface area contributed by atoms with Gasteiger partial charge in [0.2, 0.25) is 0 Å². The lowest BCUT2D eigenvalue weighted by Crippen LogP contribution is -2.54. The summed E-state index contributed by atoms with van der Waals surface area (Å²) >= 11 is 0. The van der Waals surface area contributed by atoms with E-state index in [1.165, 1.54) is 0 Å². The van der Waals surface area contributed by atoms with Crippen LogP contribution in [-0.2, 0) is 13.1 Å². The van der Waals surface area contributed by atoms with E-state index in [4.69, 9.17) is 15.3 Å². The third kappa shape index (κ3) is 3.05. The molecule has 1 aromatic heterocycles. The number of aliphatic hydroxyl groups is 3. The molecule has 1 aromatic rings. The summed E-state index contributed by atoms with van der Waals surface area (Å²) in [4.78, 5) is 0. The molecule has 92 valence electrons. The quantitative estimate of drug-likeness (QED) is 0.498. The van der Waals surface area contributed by atoms with Crippen LogP contribution in [0.25, 0.3) is 0 Å². The predicted octanol–water partition coefficient (Wildman–Crippen LogP) is -0.687. The van der Waals surface area contributed by atoms with Gasteiger partial charge in [0.15, 0.2) is 0 Å². The van der Waals surface area contributed by atoms with Crippen molar-refractivity contribution in [2.75, 3.05) is 19.8 Å². The van der Waals surface area contributed by atoms with E-state index >= 15 is 0 Å². The van der Waals surface area contributed by atoms with Crippen LogP contribution in [0.1, 0.15) is 12.5 Å². The van der Waals surface area contributed by atoms with Gasteiger partial charge in [-0.15, -0.1) is 0 Å². The first-order valence-electron chi connectivity index (χ1n) is 5.42. The fourth-order valence-electron chi connectivity index (χ4n) is 1.40. The maximum Gasteiger partial charge on any atom is 0.0884 e. The second kappa shape index (κ2) is 6.00. The zero-order valence-corrected chi connectivity index (χ0v) is 9.56. The summed E-state index contributed by atoms with van der Waals surface area (Å²) in [6, 6.07) is 1.97. The van der Waals surface area contributed by atoms with E-state index in [0.29, 0.717) is 6.54 Å². The van der Waals surface area contributed by atoms with Crippen LogP contribution in [0.3, 0.4) is 0 Å². The lowest BCUT2D eigenvalue weighted by Gasteiger charge is -2.28. The Balaban J connectivity index is 2.55. The van der Waals surface area contributed by atoms with Gasteiger partial charge in [-0.1, -0.05) is 0 Å². The highest BCUT2D eigenvalue weighted by atomic mass is 16.3. The molecule has 0 unspecified atom stereocenters. The summed E-state index contributed by atoms with van der Waals surface area (Å²) < 4.78 is 2.04. The van der Waals surface area contributed by atoms with Gasteiger partial charge in [0.25, 0.3) is 0 Å². The molecule has 0 atom stereocenters. The summed E-state index contributed by atoms with van der Waals surface area (Å²) in [6.07, 6.45) is 3.96. The SMILES string of the molecule is CCn1ccc(CNC(CO)(CO)CO)c1. The third-order valence-corrected chi connectivity index (χ3v) is 2.75. The molecule has 1 heterocycles. The number of aryl methyl sites for hydroxylation is 1. The molecule has 0 saturated carbocycles. The van der Waals surface area contributed by atoms with Gasteiger partial charge in [-0.3, -0.25) is 0 Å². The van der Waals surface area contributed by atoms with Crippen LogP contribution in [0.2, 0.25) is 0 Å². The molecule has 5 nitrogen and oxygen atoms in total. The second-order valence-electron chi connectivity index (χ2n) is 3.96.